The predicted octanol–water partition coefficient (Wildman–Crippen LogP) is 3.16. The van der Waals surface area contributed by atoms with E-state index in [-0.39, 0.29) is 16.7 Å². The summed E-state index contributed by atoms with van der Waals surface area (Å²) in [6, 6.07) is 7.16. The van der Waals surface area contributed by atoms with Gasteiger partial charge in [0.15, 0.2) is 10.9 Å². The van der Waals surface area contributed by atoms with Crippen LogP contribution < -0.4 is 9.64 Å². The fourth-order valence-corrected chi connectivity index (χ4v) is 3.60. The number of hydrogen-bond donors (Lipinski definition) is 0. The number of Topliss-reactive ketones (excluding diaryl/α,β-unsaturated/α-hetero) is 1. The molecule has 24 heavy (non-hydrogen) atoms. The van der Waals surface area contributed by atoms with Gasteiger partial charge in [-0.2, -0.15) is 0 Å². The Morgan fingerprint density at radius 2 is 2.00 bits per heavy atom. The molecule has 0 atom stereocenters. The highest BCUT2D eigenvalue weighted by Crippen LogP contribution is 2.32. The second-order valence-corrected chi connectivity index (χ2v) is 6.58. The molecule has 1 aromatic carbocycles. The van der Waals surface area contributed by atoms with Crippen molar-refractivity contribution in [1.82, 2.24) is 4.98 Å². The number of carbonyl (C=O) groups excluding carboxylic acids is 1. The SMILES string of the molecule is COc1ccc(C(=O)C2CCN(c3ncc([N+](=O)[O-])s3)CC2)cc1. The molecule has 1 aliphatic heterocycles. The zero-order chi connectivity index (χ0) is 17.1. The fourth-order valence-electron chi connectivity index (χ4n) is 2.81. The van der Waals surface area contributed by atoms with Crippen molar-refractivity contribution >= 4 is 27.3 Å². The summed E-state index contributed by atoms with van der Waals surface area (Å²) in [6.45, 7) is 1.36. The Labute approximate surface area is 143 Å². The molecular formula is C16H17N3O4S. The number of benzene rings is 1. The number of aromatic nitrogens is 1. The zero-order valence-electron chi connectivity index (χ0n) is 13.2. The molecule has 0 aliphatic carbocycles. The molecule has 1 aromatic heterocycles. The van der Waals surface area contributed by atoms with Crippen molar-refractivity contribution in [3.8, 4) is 5.75 Å². The van der Waals surface area contributed by atoms with E-state index in [0.717, 1.165) is 29.9 Å². The van der Waals surface area contributed by atoms with E-state index in [1.165, 1.54) is 6.20 Å². The summed E-state index contributed by atoms with van der Waals surface area (Å²) in [5, 5.41) is 11.4. The van der Waals surface area contributed by atoms with E-state index < -0.39 is 4.92 Å². The number of nitrogens with zero attached hydrogens (tertiary/aromatic N) is 3. The van der Waals surface area contributed by atoms with Gasteiger partial charge in [-0.3, -0.25) is 14.9 Å². The topological polar surface area (TPSA) is 85.6 Å². The van der Waals surface area contributed by atoms with Crippen molar-refractivity contribution in [3.63, 3.8) is 0 Å². The zero-order valence-corrected chi connectivity index (χ0v) is 14.0. The first-order valence-electron chi connectivity index (χ1n) is 7.62. The molecule has 7 nitrogen and oxygen atoms in total. The van der Waals surface area contributed by atoms with Gasteiger partial charge in [0.1, 0.15) is 11.9 Å². The minimum absolute atomic E-state index is 0.0235. The lowest BCUT2D eigenvalue weighted by atomic mass is 9.89. The summed E-state index contributed by atoms with van der Waals surface area (Å²) in [5.41, 5.74) is 0.694. The third-order valence-corrected chi connectivity index (χ3v) is 5.18. The van der Waals surface area contributed by atoms with Gasteiger partial charge in [-0.25, -0.2) is 4.98 Å². The molecule has 1 aliphatic rings. The van der Waals surface area contributed by atoms with Crippen LogP contribution in [0.3, 0.4) is 0 Å². The molecule has 0 saturated carbocycles. The first kappa shape index (κ1) is 16.4. The van der Waals surface area contributed by atoms with Gasteiger partial charge in [0.05, 0.1) is 12.0 Å². The van der Waals surface area contributed by atoms with E-state index in [0.29, 0.717) is 23.8 Å². The Morgan fingerprint density at radius 1 is 1.33 bits per heavy atom. The predicted molar refractivity (Wildman–Crippen MR) is 91.0 cm³/mol. The van der Waals surface area contributed by atoms with Crippen molar-refractivity contribution in [1.29, 1.82) is 0 Å². The number of nitro groups is 1. The molecule has 8 heteroatoms. The second-order valence-electron chi connectivity index (χ2n) is 5.59. The van der Waals surface area contributed by atoms with Crippen LogP contribution in [0, 0.1) is 16.0 Å². The molecule has 0 amide bonds. The lowest BCUT2D eigenvalue weighted by molar-refractivity contribution is -0.380. The molecule has 1 fully saturated rings. The number of piperidine rings is 1. The van der Waals surface area contributed by atoms with E-state index in [1.807, 2.05) is 4.90 Å². The molecule has 0 N–H and O–H groups in total. The van der Waals surface area contributed by atoms with Crippen LogP contribution >= 0.6 is 11.3 Å². The monoisotopic (exact) mass is 347 g/mol. The van der Waals surface area contributed by atoms with Gasteiger partial charge < -0.3 is 9.64 Å². The van der Waals surface area contributed by atoms with Crippen LogP contribution in [0.2, 0.25) is 0 Å². The summed E-state index contributed by atoms with van der Waals surface area (Å²) in [5.74, 6) is 0.846. The molecule has 0 spiro atoms. The summed E-state index contributed by atoms with van der Waals surface area (Å²) in [4.78, 5) is 29.0. The molecule has 126 valence electrons. The third kappa shape index (κ3) is 3.38. The highest BCUT2D eigenvalue weighted by molar-refractivity contribution is 7.18. The van der Waals surface area contributed by atoms with E-state index in [4.69, 9.17) is 4.74 Å². The number of rotatable bonds is 5. The number of ether oxygens (including phenoxy) is 1. The molecule has 0 bridgehead atoms. The van der Waals surface area contributed by atoms with E-state index >= 15 is 0 Å². The maximum Gasteiger partial charge on any atom is 0.345 e. The van der Waals surface area contributed by atoms with Crippen molar-refractivity contribution in [2.45, 2.75) is 12.8 Å². The normalized spacial score (nSPS) is 15.3. The molecular weight excluding hydrogens is 330 g/mol. The van der Waals surface area contributed by atoms with Crippen molar-refractivity contribution < 1.29 is 14.5 Å². The molecule has 3 rings (SSSR count). The highest BCUT2D eigenvalue weighted by atomic mass is 32.1. The van der Waals surface area contributed by atoms with Gasteiger partial charge in [0, 0.05) is 24.6 Å². The Morgan fingerprint density at radius 3 is 2.54 bits per heavy atom. The molecule has 0 radical (unpaired) electrons. The lowest BCUT2D eigenvalue weighted by Gasteiger charge is -2.30. The average molecular weight is 347 g/mol. The van der Waals surface area contributed by atoms with Crippen LogP contribution in [-0.2, 0) is 0 Å². The standard InChI is InChI=1S/C16H17N3O4S/c1-23-13-4-2-11(3-5-13)15(20)12-6-8-18(9-7-12)16-17-10-14(24-16)19(21)22/h2-5,10,12H,6-9H2,1H3. The summed E-state index contributed by atoms with van der Waals surface area (Å²) in [7, 11) is 1.59. The van der Waals surface area contributed by atoms with Crippen LogP contribution in [0.1, 0.15) is 23.2 Å². The van der Waals surface area contributed by atoms with Crippen LogP contribution in [0.15, 0.2) is 30.5 Å². The Hall–Kier alpha value is -2.48. The van der Waals surface area contributed by atoms with E-state index in [1.54, 1.807) is 31.4 Å². The lowest BCUT2D eigenvalue weighted by Crippen LogP contribution is -2.36. The van der Waals surface area contributed by atoms with Gasteiger partial charge >= 0.3 is 5.00 Å². The van der Waals surface area contributed by atoms with Crippen LogP contribution in [0.5, 0.6) is 5.75 Å². The maximum absolute atomic E-state index is 12.6. The molecule has 1 saturated heterocycles. The van der Waals surface area contributed by atoms with Crippen molar-refractivity contribution in [3.05, 3.63) is 46.1 Å². The number of ketones is 1. The van der Waals surface area contributed by atoms with Gasteiger partial charge in [-0.15, -0.1) is 0 Å². The van der Waals surface area contributed by atoms with Crippen molar-refractivity contribution in [2.24, 2.45) is 5.92 Å². The van der Waals surface area contributed by atoms with Crippen LogP contribution in [0.25, 0.3) is 0 Å². The van der Waals surface area contributed by atoms with E-state index in [2.05, 4.69) is 4.98 Å². The summed E-state index contributed by atoms with van der Waals surface area (Å²) < 4.78 is 5.10. The number of methoxy groups -OCH3 is 1. The summed E-state index contributed by atoms with van der Waals surface area (Å²) in [6.07, 6.45) is 2.73. The van der Waals surface area contributed by atoms with Gasteiger partial charge in [-0.05, 0) is 48.4 Å². The van der Waals surface area contributed by atoms with Crippen molar-refractivity contribution in [2.75, 3.05) is 25.1 Å². The Balaban J connectivity index is 1.61. The minimum atomic E-state index is -0.429. The first-order valence-corrected chi connectivity index (χ1v) is 8.43. The molecule has 0 unspecified atom stereocenters. The van der Waals surface area contributed by atoms with Gasteiger partial charge in [0.25, 0.3) is 0 Å². The maximum atomic E-state index is 12.6. The number of anilines is 1. The van der Waals surface area contributed by atoms with Crippen LogP contribution in [-0.4, -0.2) is 35.9 Å². The number of carbonyl (C=O) groups is 1. The third-order valence-electron chi connectivity index (χ3n) is 4.17. The van der Waals surface area contributed by atoms with Gasteiger partial charge in [0.2, 0.25) is 0 Å². The molecule has 2 aromatic rings. The highest BCUT2D eigenvalue weighted by Gasteiger charge is 2.27. The van der Waals surface area contributed by atoms with E-state index in [9.17, 15) is 14.9 Å². The first-order chi connectivity index (χ1) is 11.6. The van der Waals surface area contributed by atoms with Crippen LogP contribution in [0.4, 0.5) is 10.1 Å². The Kier molecular flexibility index (Phi) is 4.75. The largest absolute Gasteiger partial charge is 0.497 e. The number of hydrogen-bond acceptors (Lipinski definition) is 7. The van der Waals surface area contributed by atoms with Gasteiger partial charge in [-0.1, -0.05) is 0 Å². The smallest absolute Gasteiger partial charge is 0.345 e. The average Bonchev–Trinajstić information content (AvgIpc) is 3.12. The summed E-state index contributed by atoms with van der Waals surface area (Å²) >= 11 is 1.07. The quantitative estimate of drug-likeness (QED) is 0.469. The second kappa shape index (κ2) is 6.96. The fraction of sp³-hybridized carbons (Fsp3) is 0.375. The molecule has 2 heterocycles. The Bertz CT molecular complexity index is 736. The number of thiazole rings is 1. The minimum Gasteiger partial charge on any atom is -0.497 e.